The van der Waals surface area contributed by atoms with Gasteiger partial charge in [-0.05, 0) is 38.5 Å². The third-order valence-electron chi connectivity index (χ3n) is 4.20. The Morgan fingerprint density at radius 2 is 2.00 bits per heavy atom. The fraction of sp³-hybridized carbons (Fsp3) is 0.278. The Hall–Kier alpha value is -2.67. The zero-order chi connectivity index (χ0) is 18.8. The van der Waals surface area contributed by atoms with Crippen LogP contribution >= 0.6 is 11.6 Å². The Kier molecular flexibility index (Phi) is 5.08. The number of anilines is 1. The first-order valence-corrected chi connectivity index (χ1v) is 8.49. The average Bonchev–Trinajstić information content (AvgIpc) is 3.03. The number of hydrogen-bond acceptors (Lipinski definition) is 3. The third-order valence-corrected chi connectivity index (χ3v) is 4.58. The first kappa shape index (κ1) is 18.1. The van der Waals surface area contributed by atoms with Crippen LogP contribution in [0, 0.1) is 26.6 Å². The molecule has 8 heteroatoms. The summed E-state index contributed by atoms with van der Waals surface area (Å²) < 4.78 is 16.7. The van der Waals surface area contributed by atoms with E-state index in [4.69, 9.17) is 11.6 Å². The van der Waals surface area contributed by atoms with Gasteiger partial charge in [0.25, 0.3) is 0 Å². The quantitative estimate of drug-likeness (QED) is 0.742. The van der Waals surface area contributed by atoms with Crippen molar-refractivity contribution >= 4 is 23.2 Å². The zero-order valence-electron chi connectivity index (χ0n) is 14.8. The molecule has 3 rings (SSSR count). The molecular formula is C18H19ClFN5O. The maximum Gasteiger partial charge on any atom is 0.246 e. The van der Waals surface area contributed by atoms with Gasteiger partial charge < -0.3 is 5.32 Å². The summed E-state index contributed by atoms with van der Waals surface area (Å²) in [6.45, 7) is 5.97. The standard InChI is InChI=1S/C18H19ClFN5O/c1-11-18(22-17(26)10-24-12(2)16(19)8-21-24)13(3)25(23-11)9-14-5-4-6-15(20)7-14/h4-8H,9-10H2,1-3H3,(H,22,26). The Labute approximate surface area is 155 Å². The molecule has 0 radical (unpaired) electrons. The number of carbonyl (C=O) groups is 1. The van der Waals surface area contributed by atoms with Crippen LogP contribution in [-0.4, -0.2) is 25.5 Å². The van der Waals surface area contributed by atoms with Crippen molar-refractivity contribution in [3.8, 4) is 0 Å². The van der Waals surface area contributed by atoms with E-state index in [1.807, 2.05) is 19.9 Å². The van der Waals surface area contributed by atoms with Crippen LogP contribution in [0.25, 0.3) is 0 Å². The van der Waals surface area contributed by atoms with Gasteiger partial charge in [-0.15, -0.1) is 0 Å². The first-order valence-electron chi connectivity index (χ1n) is 8.11. The molecule has 1 N–H and O–H groups in total. The third kappa shape index (κ3) is 3.77. The number of aryl methyl sites for hydroxylation is 1. The summed E-state index contributed by atoms with van der Waals surface area (Å²) in [5.74, 6) is -0.504. The lowest BCUT2D eigenvalue weighted by molar-refractivity contribution is -0.116. The van der Waals surface area contributed by atoms with Gasteiger partial charge in [-0.3, -0.25) is 14.2 Å². The van der Waals surface area contributed by atoms with Crippen LogP contribution in [0.5, 0.6) is 0 Å². The van der Waals surface area contributed by atoms with E-state index >= 15 is 0 Å². The first-order chi connectivity index (χ1) is 12.3. The zero-order valence-corrected chi connectivity index (χ0v) is 15.5. The topological polar surface area (TPSA) is 64.7 Å². The van der Waals surface area contributed by atoms with E-state index in [0.29, 0.717) is 22.9 Å². The summed E-state index contributed by atoms with van der Waals surface area (Å²) in [6.07, 6.45) is 1.51. The van der Waals surface area contributed by atoms with Gasteiger partial charge in [0.15, 0.2) is 0 Å². The van der Waals surface area contributed by atoms with Crippen molar-refractivity contribution in [1.82, 2.24) is 19.6 Å². The number of carbonyl (C=O) groups excluding carboxylic acids is 1. The molecule has 0 atom stereocenters. The molecular weight excluding hydrogens is 357 g/mol. The van der Waals surface area contributed by atoms with Gasteiger partial charge in [0.05, 0.1) is 40.5 Å². The molecule has 1 amide bonds. The molecule has 0 aliphatic rings. The number of benzene rings is 1. The molecule has 0 bridgehead atoms. The SMILES string of the molecule is Cc1nn(Cc2cccc(F)c2)c(C)c1NC(=O)Cn1ncc(Cl)c1C. The van der Waals surface area contributed by atoms with Gasteiger partial charge in [0.2, 0.25) is 5.91 Å². The van der Waals surface area contributed by atoms with Crippen molar-refractivity contribution in [3.05, 3.63) is 63.9 Å². The summed E-state index contributed by atoms with van der Waals surface area (Å²) in [5, 5.41) is 11.9. The molecule has 1 aromatic carbocycles. The molecule has 0 unspecified atom stereocenters. The lowest BCUT2D eigenvalue weighted by Gasteiger charge is -2.08. The van der Waals surface area contributed by atoms with Crippen molar-refractivity contribution in [1.29, 1.82) is 0 Å². The molecule has 0 saturated carbocycles. The number of hydrogen-bond donors (Lipinski definition) is 1. The summed E-state index contributed by atoms with van der Waals surface area (Å²) in [7, 11) is 0. The highest BCUT2D eigenvalue weighted by Gasteiger charge is 2.16. The van der Waals surface area contributed by atoms with Crippen LogP contribution in [0.1, 0.15) is 22.6 Å². The van der Waals surface area contributed by atoms with Crippen LogP contribution in [0.2, 0.25) is 5.02 Å². The lowest BCUT2D eigenvalue weighted by Crippen LogP contribution is -2.21. The van der Waals surface area contributed by atoms with E-state index in [1.165, 1.54) is 18.3 Å². The predicted molar refractivity (Wildman–Crippen MR) is 97.8 cm³/mol. The normalized spacial score (nSPS) is 11.0. The Morgan fingerprint density at radius 1 is 1.23 bits per heavy atom. The molecule has 3 aromatic rings. The average molecular weight is 376 g/mol. The molecule has 0 fully saturated rings. The van der Waals surface area contributed by atoms with E-state index in [0.717, 1.165) is 17.0 Å². The fourth-order valence-corrected chi connectivity index (χ4v) is 2.88. The van der Waals surface area contributed by atoms with E-state index in [9.17, 15) is 9.18 Å². The maximum atomic E-state index is 13.4. The van der Waals surface area contributed by atoms with Crippen molar-refractivity contribution in [2.24, 2.45) is 0 Å². The van der Waals surface area contributed by atoms with Gasteiger partial charge in [-0.25, -0.2) is 4.39 Å². The Balaban J connectivity index is 1.75. The largest absolute Gasteiger partial charge is 0.321 e. The summed E-state index contributed by atoms with van der Waals surface area (Å²) in [6, 6.07) is 6.37. The molecule has 0 saturated heterocycles. The minimum absolute atomic E-state index is 0.0620. The van der Waals surface area contributed by atoms with Crippen molar-refractivity contribution < 1.29 is 9.18 Å². The number of rotatable bonds is 5. The molecule has 0 aliphatic heterocycles. The van der Waals surface area contributed by atoms with Crippen molar-refractivity contribution in [2.75, 3.05) is 5.32 Å². The van der Waals surface area contributed by atoms with Crippen molar-refractivity contribution in [3.63, 3.8) is 0 Å². The second-order valence-electron chi connectivity index (χ2n) is 6.12. The second kappa shape index (κ2) is 7.29. The highest BCUT2D eigenvalue weighted by molar-refractivity contribution is 6.31. The number of halogens is 2. The summed E-state index contributed by atoms with van der Waals surface area (Å²) in [5.41, 5.74) is 3.69. The molecule has 6 nitrogen and oxygen atoms in total. The molecule has 2 heterocycles. The van der Waals surface area contributed by atoms with Crippen LogP contribution in [0.4, 0.5) is 10.1 Å². The smallest absolute Gasteiger partial charge is 0.246 e. The van der Waals surface area contributed by atoms with Gasteiger partial charge in [-0.2, -0.15) is 10.2 Å². The minimum atomic E-state index is -0.286. The van der Waals surface area contributed by atoms with E-state index in [2.05, 4.69) is 15.5 Å². The van der Waals surface area contributed by atoms with Gasteiger partial charge in [0.1, 0.15) is 12.4 Å². The molecule has 136 valence electrons. The van der Waals surface area contributed by atoms with Crippen LogP contribution in [-0.2, 0) is 17.9 Å². The van der Waals surface area contributed by atoms with Crippen LogP contribution < -0.4 is 5.32 Å². The summed E-state index contributed by atoms with van der Waals surface area (Å²) in [4.78, 5) is 12.4. The number of nitrogens with zero attached hydrogens (tertiary/aromatic N) is 4. The van der Waals surface area contributed by atoms with Crippen molar-refractivity contribution in [2.45, 2.75) is 33.9 Å². The van der Waals surface area contributed by atoms with E-state index < -0.39 is 0 Å². The number of nitrogens with one attached hydrogen (secondary N) is 1. The number of amides is 1. The molecule has 26 heavy (non-hydrogen) atoms. The van der Waals surface area contributed by atoms with Crippen LogP contribution in [0.3, 0.4) is 0 Å². The maximum absolute atomic E-state index is 13.4. The second-order valence-corrected chi connectivity index (χ2v) is 6.52. The molecule has 2 aromatic heterocycles. The van der Waals surface area contributed by atoms with Gasteiger partial charge in [-0.1, -0.05) is 23.7 Å². The summed E-state index contributed by atoms with van der Waals surface area (Å²) >= 11 is 5.96. The predicted octanol–water partition coefficient (Wildman–Crippen LogP) is 3.48. The molecule has 0 aliphatic carbocycles. The van der Waals surface area contributed by atoms with Gasteiger partial charge in [0, 0.05) is 0 Å². The minimum Gasteiger partial charge on any atom is -0.321 e. The van der Waals surface area contributed by atoms with Crippen LogP contribution in [0.15, 0.2) is 30.5 Å². The highest BCUT2D eigenvalue weighted by Crippen LogP contribution is 2.21. The lowest BCUT2D eigenvalue weighted by atomic mass is 10.2. The molecule has 0 spiro atoms. The highest BCUT2D eigenvalue weighted by atomic mass is 35.5. The monoisotopic (exact) mass is 375 g/mol. The Morgan fingerprint density at radius 3 is 2.65 bits per heavy atom. The van der Waals surface area contributed by atoms with Gasteiger partial charge >= 0.3 is 0 Å². The van der Waals surface area contributed by atoms with E-state index in [1.54, 1.807) is 22.4 Å². The number of aromatic nitrogens is 4. The Bertz CT molecular complexity index is 963. The fourth-order valence-electron chi connectivity index (χ4n) is 2.74. The van der Waals surface area contributed by atoms with E-state index in [-0.39, 0.29) is 18.3 Å².